The van der Waals surface area contributed by atoms with Gasteiger partial charge < -0.3 is 15.4 Å². The summed E-state index contributed by atoms with van der Waals surface area (Å²) < 4.78 is 0. The first-order valence-corrected chi connectivity index (χ1v) is 5.48. The van der Waals surface area contributed by atoms with E-state index in [1.807, 2.05) is 13.8 Å². The quantitative estimate of drug-likeness (QED) is 0.683. The van der Waals surface area contributed by atoms with E-state index in [2.05, 4.69) is 15.3 Å². The minimum atomic E-state index is -1.10. The smallest absolute Gasteiger partial charge is 0.326 e. The lowest BCUT2D eigenvalue weighted by atomic mass is 10.0. The lowest BCUT2D eigenvalue weighted by molar-refractivity contribution is -0.139. The monoisotopic (exact) mass is 253 g/mol. The van der Waals surface area contributed by atoms with E-state index in [0.717, 1.165) is 12.4 Å². The van der Waals surface area contributed by atoms with Crippen LogP contribution < -0.4 is 10.9 Å². The zero-order chi connectivity index (χ0) is 13.7. The molecule has 0 aliphatic heterocycles. The van der Waals surface area contributed by atoms with Gasteiger partial charge in [0.15, 0.2) is 0 Å². The Morgan fingerprint density at radius 3 is 2.61 bits per heavy atom. The van der Waals surface area contributed by atoms with Gasteiger partial charge in [0.05, 0.1) is 6.20 Å². The third-order valence-corrected chi connectivity index (χ3v) is 2.22. The summed E-state index contributed by atoms with van der Waals surface area (Å²) in [6, 6.07) is -0.966. The summed E-state index contributed by atoms with van der Waals surface area (Å²) >= 11 is 0. The molecular formula is C11H15N3O4. The second kappa shape index (κ2) is 5.95. The number of nitrogens with one attached hydrogen (secondary N) is 2. The van der Waals surface area contributed by atoms with E-state index in [9.17, 15) is 14.4 Å². The van der Waals surface area contributed by atoms with Gasteiger partial charge in [0.1, 0.15) is 11.7 Å². The molecule has 1 heterocycles. The maximum Gasteiger partial charge on any atom is 0.326 e. The van der Waals surface area contributed by atoms with Crippen molar-refractivity contribution in [2.75, 3.05) is 0 Å². The molecule has 0 saturated carbocycles. The molecule has 0 aromatic carbocycles. The summed E-state index contributed by atoms with van der Waals surface area (Å²) in [5.74, 6) is -1.59. The molecule has 0 aliphatic rings. The predicted molar refractivity (Wildman–Crippen MR) is 63.2 cm³/mol. The molecule has 98 valence electrons. The van der Waals surface area contributed by atoms with E-state index in [1.165, 1.54) is 0 Å². The SMILES string of the molecule is CC(C)CC(NC(=O)c1c[nH]c(=O)cn1)C(=O)O. The van der Waals surface area contributed by atoms with Crippen LogP contribution in [0.15, 0.2) is 17.2 Å². The van der Waals surface area contributed by atoms with Gasteiger partial charge in [-0.25, -0.2) is 9.78 Å². The highest BCUT2D eigenvalue weighted by atomic mass is 16.4. The van der Waals surface area contributed by atoms with Crippen molar-refractivity contribution >= 4 is 11.9 Å². The Morgan fingerprint density at radius 2 is 2.17 bits per heavy atom. The summed E-state index contributed by atoms with van der Waals surface area (Å²) in [6.07, 6.45) is 2.43. The second-order valence-corrected chi connectivity index (χ2v) is 4.29. The van der Waals surface area contributed by atoms with Crippen molar-refractivity contribution in [3.8, 4) is 0 Å². The van der Waals surface area contributed by atoms with Gasteiger partial charge in [-0.15, -0.1) is 0 Å². The standard InChI is InChI=1S/C11H15N3O4/c1-6(2)3-7(11(17)18)14-10(16)8-4-13-9(15)5-12-8/h4-7H,3H2,1-2H3,(H,13,15)(H,14,16)(H,17,18). The van der Waals surface area contributed by atoms with E-state index < -0.39 is 23.5 Å². The molecule has 1 rings (SSSR count). The van der Waals surface area contributed by atoms with Gasteiger partial charge in [0, 0.05) is 6.20 Å². The van der Waals surface area contributed by atoms with Gasteiger partial charge in [0.25, 0.3) is 11.5 Å². The van der Waals surface area contributed by atoms with E-state index in [-0.39, 0.29) is 11.6 Å². The van der Waals surface area contributed by atoms with Crippen LogP contribution in [-0.4, -0.2) is 33.0 Å². The Morgan fingerprint density at radius 1 is 1.50 bits per heavy atom. The first-order chi connectivity index (χ1) is 8.40. The Kier molecular flexibility index (Phi) is 4.59. The van der Waals surface area contributed by atoms with Crippen molar-refractivity contribution in [1.82, 2.24) is 15.3 Å². The molecule has 1 atom stereocenters. The molecule has 0 saturated heterocycles. The first kappa shape index (κ1) is 13.9. The Labute approximate surface area is 103 Å². The zero-order valence-corrected chi connectivity index (χ0v) is 10.1. The van der Waals surface area contributed by atoms with Crippen LogP contribution in [0.4, 0.5) is 0 Å². The van der Waals surface area contributed by atoms with Gasteiger partial charge in [-0.2, -0.15) is 0 Å². The number of aliphatic carboxylic acids is 1. The number of carbonyl (C=O) groups is 2. The van der Waals surface area contributed by atoms with Crippen molar-refractivity contribution < 1.29 is 14.7 Å². The number of rotatable bonds is 5. The summed E-state index contributed by atoms with van der Waals surface area (Å²) in [7, 11) is 0. The topological polar surface area (TPSA) is 112 Å². The van der Waals surface area contributed by atoms with Gasteiger partial charge in [-0.05, 0) is 12.3 Å². The number of hydrogen-bond donors (Lipinski definition) is 3. The maximum absolute atomic E-state index is 11.7. The fraction of sp³-hybridized carbons (Fsp3) is 0.455. The number of aromatic amines is 1. The third kappa shape index (κ3) is 4.00. The van der Waals surface area contributed by atoms with Crippen molar-refractivity contribution in [2.24, 2.45) is 5.92 Å². The van der Waals surface area contributed by atoms with Crippen LogP contribution >= 0.6 is 0 Å². The molecule has 0 spiro atoms. The highest BCUT2D eigenvalue weighted by Gasteiger charge is 2.22. The van der Waals surface area contributed by atoms with E-state index in [4.69, 9.17) is 5.11 Å². The Balaban J connectivity index is 2.75. The number of hydrogen-bond acceptors (Lipinski definition) is 4. The summed E-state index contributed by atoms with van der Waals surface area (Å²) in [6.45, 7) is 3.72. The number of carboxylic acids is 1. The first-order valence-electron chi connectivity index (χ1n) is 5.48. The normalized spacial score (nSPS) is 12.2. The summed E-state index contributed by atoms with van der Waals surface area (Å²) in [5, 5.41) is 11.3. The summed E-state index contributed by atoms with van der Waals surface area (Å²) in [4.78, 5) is 39.4. The van der Waals surface area contributed by atoms with Crippen LogP contribution in [0.25, 0.3) is 0 Å². The van der Waals surface area contributed by atoms with Crippen LogP contribution in [0.5, 0.6) is 0 Å². The molecule has 0 fully saturated rings. The molecule has 18 heavy (non-hydrogen) atoms. The van der Waals surface area contributed by atoms with Crippen molar-refractivity contribution in [2.45, 2.75) is 26.3 Å². The lowest BCUT2D eigenvalue weighted by Gasteiger charge is -2.15. The minimum Gasteiger partial charge on any atom is -0.480 e. The van der Waals surface area contributed by atoms with E-state index in [0.29, 0.717) is 6.42 Å². The van der Waals surface area contributed by atoms with Gasteiger partial charge in [-0.3, -0.25) is 9.59 Å². The molecule has 0 bridgehead atoms. The highest BCUT2D eigenvalue weighted by Crippen LogP contribution is 2.05. The Bertz CT molecular complexity index is 475. The predicted octanol–water partition coefficient (Wildman–Crippen LogP) is -0.00100. The summed E-state index contributed by atoms with van der Waals surface area (Å²) in [5.41, 5.74) is -0.451. The zero-order valence-electron chi connectivity index (χ0n) is 10.1. The molecule has 1 aromatic rings. The van der Waals surface area contributed by atoms with Crippen LogP contribution in [0.2, 0.25) is 0 Å². The number of carboxylic acid groups (broad SMARTS) is 1. The van der Waals surface area contributed by atoms with E-state index >= 15 is 0 Å². The van der Waals surface area contributed by atoms with Crippen LogP contribution in [0.1, 0.15) is 30.8 Å². The fourth-order valence-corrected chi connectivity index (χ4v) is 1.39. The van der Waals surface area contributed by atoms with Crippen LogP contribution in [0, 0.1) is 5.92 Å². The van der Waals surface area contributed by atoms with Gasteiger partial charge in [-0.1, -0.05) is 13.8 Å². The molecular weight excluding hydrogens is 238 g/mol. The van der Waals surface area contributed by atoms with Crippen molar-refractivity contribution in [3.05, 3.63) is 28.4 Å². The van der Waals surface area contributed by atoms with Crippen molar-refractivity contribution in [3.63, 3.8) is 0 Å². The van der Waals surface area contributed by atoms with E-state index in [1.54, 1.807) is 0 Å². The number of H-pyrrole nitrogens is 1. The lowest BCUT2D eigenvalue weighted by Crippen LogP contribution is -2.42. The number of aromatic nitrogens is 2. The largest absolute Gasteiger partial charge is 0.480 e. The maximum atomic E-state index is 11.7. The molecule has 1 amide bonds. The molecule has 1 aromatic heterocycles. The average Bonchev–Trinajstić information content (AvgIpc) is 2.28. The fourth-order valence-electron chi connectivity index (χ4n) is 1.39. The molecule has 0 radical (unpaired) electrons. The number of carbonyl (C=O) groups excluding carboxylic acids is 1. The van der Waals surface area contributed by atoms with Crippen LogP contribution in [0.3, 0.4) is 0 Å². The average molecular weight is 253 g/mol. The molecule has 7 heteroatoms. The highest BCUT2D eigenvalue weighted by molar-refractivity contribution is 5.94. The Hall–Kier alpha value is -2.18. The van der Waals surface area contributed by atoms with Crippen LogP contribution in [-0.2, 0) is 4.79 Å². The minimum absolute atomic E-state index is 0.0235. The van der Waals surface area contributed by atoms with Gasteiger partial charge in [0.2, 0.25) is 0 Å². The second-order valence-electron chi connectivity index (χ2n) is 4.29. The van der Waals surface area contributed by atoms with Crippen molar-refractivity contribution in [1.29, 1.82) is 0 Å². The molecule has 0 aliphatic carbocycles. The number of amides is 1. The molecule has 1 unspecified atom stereocenters. The third-order valence-electron chi connectivity index (χ3n) is 2.22. The van der Waals surface area contributed by atoms with Gasteiger partial charge >= 0.3 is 5.97 Å². The molecule has 3 N–H and O–H groups in total. The molecule has 7 nitrogen and oxygen atoms in total. The number of nitrogens with zero attached hydrogens (tertiary/aromatic N) is 1.